The van der Waals surface area contributed by atoms with E-state index in [2.05, 4.69) is 65.6 Å². The fourth-order valence-electron chi connectivity index (χ4n) is 2.80. The van der Waals surface area contributed by atoms with Crippen LogP contribution in [0, 0.1) is 0 Å². The summed E-state index contributed by atoms with van der Waals surface area (Å²) in [5, 5.41) is 2.40. The maximum absolute atomic E-state index is 4.76. The summed E-state index contributed by atoms with van der Waals surface area (Å²) in [4.78, 5) is 9.22. The normalized spacial score (nSPS) is 14.7. The highest BCUT2D eigenvalue weighted by atomic mass is 15.3. The Hall–Kier alpha value is -2.55. The molecule has 1 aromatic heterocycles. The van der Waals surface area contributed by atoms with Crippen molar-refractivity contribution in [3.63, 3.8) is 0 Å². The van der Waals surface area contributed by atoms with Gasteiger partial charge in [-0.25, -0.2) is 4.98 Å². The Bertz CT molecular complexity index is 769. The molecule has 2 heterocycles. The number of rotatable bonds is 1. The van der Waals surface area contributed by atoms with E-state index in [1.807, 2.05) is 12.1 Å². The van der Waals surface area contributed by atoms with Crippen molar-refractivity contribution in [3.05, 3.63) is 60.9 Å². The SMILES string of the molecule is CN1C=CN(c2c3ccccc3nc3ccccc23)C1. The van der Waals surface area contributed by atoms with Gasteiger partial charge in [-0.3, -0.25) is 0 Å². The quantitative estimate of drug-likeness (QED) is 0.624. The van der Waals surface area contributed by atoms with Gasteiger partial charge in [-0.05, 0) is 12.1 Å². The fraction of sp³-hybridized carbons (Fsp3) is 0.118. The molecule has 3 nitrogen and oxygen atoms in total. The molecule has 0 radical (unpaired) electrons. The fourth-order valence-corrected chi connectivity index (χ4v) is 2.80. The molecule has 1 aliphatic heterocycles. The van der Waals surface area contributed by atoms with Gasteiger partial charge in [0.25, 0.3) is 0 Å². The highest BCUT2D eigenvalue weighted by Crippen LogP contribution is 2.34. The molecule has 3 aromatic rings. The monoisotopic (exact) mass is 261 g/mol. The summed E-state index contributed by atoms with van der Waals surface area (Å²) >= 11 is 0. The molecule has 0 amide bonds. The summed E-state index contributed by atoms with van der Waals surface area (Å²) in [5.41, 5.74) is 3.33. The van der Waals surface area contributed by atoms with Gasteiger partial charge in [-0.1, -0.05) is 36.4 Å². The summed E-state index contributed by atoms with van der Waals surface area (Å²) in [6, 6.07) is 16.7. The minimum Gasteiger partial charge on any atom is -0.361 e. The van der Waals surface area contributed by atoms with E-state index in [0.29, 0.717) is 0 Å². The number of hydrogen-bond donors (Lipinski definition) is 0. The first-order chi connectivity index (χ1) is 9.83. The van der Waals surface area contributed by atoms with Crippen LogP contribution in [0.3, 0.4) is 0 Å². The molecule has 0 fully saturated rings. The Morgan fingerprint density at radius 2 is 1.45 bits per heavy atom. The number of para-hydroxylation sites is 2. The van der Waals surface area contributed by atoms with Crippen LogP contribution in [0.4, 0.5) is 5.69 Å². The molecule has 0 spiro atoms. The molecule has 0 bridgehead atoms. The average Bonchev–Trinajstić information content (AvgIpc) is 2.91. The largest absolute Gasteiger partial charge is 0.361 e. The van der Waals surface area contributed by atoms with E-state index in [0.717, 1.165) is 17.7 Å². The lowest BCUT2D eigenvalue weighted by Gasteiger charge is -2.22. The molecular formula is C17H15N3. The second kappa shape index (κ2) is 4.23. The minimum atomic E-state index is 0.873. The predicted molar refractivity (Wildman–Crippen MR) is 83.5 cm³/mol. The topological polar surface area (TPSA) is 19.4 Å². The molecule has 0 unspecified atom stereocenters. The number of aromatic nitrogens is 1. The second-order valence-corrected chi connectivity index (χ2v) is 5.16. The van der Waals surface area contributed by atoms with Crippen molar-refractivity contribution in [2.75, 3.05) is 18.6 Å². The predicted octanol–water partition coefficient (Wildman–Crippen LogP) is 3.57. The third kappa shape index (κ3) is 1.63. The maximum Gasteiger partial charge on any atom is 0.0939 e. The second-order valence-electron chi connectivity index (χ2n) is 5.16. The van der Waals surface area contributed by atoms with Gasteiger partial charge in [-0.15, -0.1) is 0 Å². The lowest BCUT2D eigenvalue weighted by atomic mass is 10.1. The highest BCUT2D eigenvalue weighted by molar-refractivity contribution is 6.08. The van der Waals surface area contributed by atoms with Gasteiger partial charge in [0.2, 0.25) is 0 Å². The summed E-state index contributed by atoms with van der Waals surface area (Å²) in [6.45, 7) is 0.873. The van der Waals surface area contributed by atoms with Crippen molar-refractivity contribution in [3.8, 4) is 0 Å². The first-order valence-electron chi connectivity index (χ1n) is 6.75. The van der Waals surface area contributed by atoms with E-state index < -0.39 is 0 Å². The summed E-state index contributed by atoms with van der Waals surface area (Å²) in [6.07, 6.45) is 4.23. The Morgan fingerprint density at radius 3 is 2.00 bits per heavy atom. The Labute approximate surface area is 117 Å². The van der Waals surface area contributed by atoms with Crippen LogP contribution in [0.1, 0.15) is 0 Å². The molecular weight excluding hydrogens is 246 g/mol. The molecule has 20 heavy (non-hydrogen) atoms. The van der Waals surface area contributed by atoms with Crippen LogP contribution in [0.15, 0.2) is 60.9 Å². The first-order valence-corrected chi connectivity index (χ1v) is 6.75. The van der Waals surface area contributed by atoms with Crippen molar-refractivity contribution in [1.82, 2.24) is 9.88 Å². The zero-order valence-electron chi connectivity index (χ0n) is 11.3. The maximum atomic E-state index is 4.76. The molecule has 1 aliphatic rings. The molecule has 4 rings (SSSR count). The molecule has 98 valence electrons. The van der Waals surface area contributed by atoms with Crippen LogP contribution in [0.2, 0.25) is 0 Å². The van der Waals surface area contributed by atoms with Gasteiger partial charge in [0.05, 0.1) is 23.4 Å². The molecule has 0 aliphatic carbocycles. The van der Waals surface area contributed by atoms with Gasteiger partial charge >= 0.3 is 0 Å². The van der Waals surface area contributed by atoms with Gasteiger partial charge in [0.15, 0.2) is 0 Å². The third-order valence-electron chi connectivity index (χ3n) is 3.72. The Balaban J connectivity index is 2.09. The van der Waals surface area contributed by atoms with Crippen molar-refractivity contribution in [2.45, 2.75) is 0 Å². The van der Waals surface area contributed by atoms with E-state index >= 15 is 0 Å². The van der Waals surface area contributed by atoms with Crippen LogP contribution >= 0.6 is 0 Å². The molecule has 0 atom stereocenters. The van der Waals surface area contributed by atoms with Crippen LogP contribution in [0.5, 0.6) is 0 Å². The van der Waals surface area contributed by atoms with Crippen molar-refractivity contribution < 1.29 is 0 Å². The van der Waals surface area contributed by atoms with Gasteiger partial charge in [-0.2, -0.15) is 0 Å². The number of nitrogens with zero attached hydrogens (tertiary/aromatic N) is 3. The third-order valence-corrected chi connectivity index (χ3v) is 3.72. The highest BCUT2D eigenvalue weighted by Gasteiger charge is 2.17. The number of pyridine rings is 1. The van der Waals surface area contributed by atoms with Crippen molar-refractivity contribution in [1.29, 1.82) is 0 Å². The smallest absolute Gasteiger partial charge is 0.0939 e. The lowest BCUT2D eigenvalue weighted by Crippen LogP contribution is -2.22. The molecule has 0 N–H and O–H groups in total. The number of hydrogen-bond acceptors (Lipinski definition) is 3. The van der Waals surface area contributed by atoms with E-state index in [-0.39, 0.29) is 0 Å². The number of fused-ring (bicyclic) bond motifs is 2. The van der Waals surface area contributed by atoms with Crippen LogP contribution in [-0.4, -0.2) is 23.6 Å². The summed E-state index contributed by atoms with van der Waals surface area (Å²) in [7, 11) is 2.09. The van der Waals surface area contributed by atoms with Crippen LogP contribution < -0.4 is 4.90 Å². The van der Waals surface area contributed by atoms with Crippen molar-refractivity contribution in [2.24, 2.45) is 0 Å². The molecule has 2 aromatic carbocycles. The number of benzene rings is 2. The summed E-state index contributed by atoms with van der Waals surface area (Å²) < 4.78 is 0. The average molecular weight is 261 g/mol. The molecule has 0 saturated carbocycles. The van der Waals surface area contributed by atoms with E-state index in [1.54, 1.807) is 0 Å². The number of anilines is 1. The lowest BCUT2D eigenvalue weighted by molar-refractivity contribution is 0.496. The summed E-state index contributed by atoms with van der Waals surface area (Å²) in [5.74, 6) is 0. The van der Waals surface area contributed by atoms with Gasteiger partial charge in [0, 0.05) is 30.2 Å². The van der Waals surface area contributed by atoms with Gasteiger partial charge in [0.1, 0.15) is 0 Å². The first kappa shape index (κ1) is 11.3. The van der Waals surface area contributed by atoms with Gasteiger partial charge < -0.3 is 9.80 Å². The van der Waals surface area contributed by atoms with E-state index in [9.17, 15) is 0 Å². The van der Waals surface area contributed by atoms with E-state index in [4.69, 9.17) is 4.98 Å². The zero-order valence-corrected chi connectivity index (χ0v) is 11.3. The van der Waals surface area contributed by atoms with Crippen molar-refractivity contribution >= 4 is 27.5 Å². The Morgan fingerprint density at radius 1 is 0.850 bits per heavy atom. The zero-order chi connectivity index (χ0) is 13.5. The standard InChI is InChI=1S/C17H15N3/c1-19-10-11-20(12-19)17-13-6-2-4-8-15(13)18-16-9-5-3-7-14(16)17/h2-11H,12H2,1H3. The van der Waals surface area contributed by atoms with E-state index in [1.165, 1.54) is 16.5 Å². The van der Waals surface area contributed by atoms with Crippen LogP contribution in [0.25, 0.3) is 21.8 Å². The molecule has 0 saturated heterocycles. The molecule has 3 heteroatoms. The Kier molecular flexibility index (Phi) is 2.39. The van der Waals surface area contributed by atoms with Crippen LogP contribution in [-0.2, 0) is 0 Å². The minimum absolute atomic E-state index is 0.873.